The molecule has 0 aliphatic rings. The number of ether oxygens (including phenoxy) is 2. The van der Waals surface area contributed by atoms with Crippen LogP contribution in [0.15, 0.2) is 30.3 Å². The zero-order chi connectivity index (χ0) is 16.9. The van der Waals surface area contributed by atoms with Crippen molar-refractivity contribution in [1.82, 2.24) is 10.2 Å². The van der Waals surface area contributed by atoms with Crippen LogP contribution in [0.3, 0.4) is 0 Å². The quantitative estimate of drug-likeness (QED) is 0.387. The smallest absolute Gasteiger partial charge is 0.243 e. The van der Waals surface area contributed by atoms with Gasteiger partial charge in [0.25, 0.3) is 0 Å². The number of hydrogen-bond donors (Lipinski definition) is 1. The molecule has 1 amide bonds. The van der Waals surface area contributed by atoms with Crippen molar-refractivity contribution in [2.24, 2.45) is 0 Å². The standard InChI is InChI=1S/C18H28N2O3/c1-4-20(5-2)14-6-13-19-18(21)12-9-16-7-10-17(11-8-16)23-15-22-3/h7-12H,4-6,13-15H2,1-3H3,(H,19,21)/b12-9+. The molecule has 0 saturated heterocycles. The van der Waals surface area contributed by atoms with Crippen molar-refractivity contribution in [1.29, 1.82) is 0 Å². The van der Waals surface area contributed by atoms with Gasteiger partial charge in [-0.2, -0.15) is 0 Å². The van der Waals surface area contributed by atoms with Crippen LogP contribution in [0, 0.1) is 0 Å². The fourth-order valence-corrected chi connectivity index (χ4v) is 2.09. The molecule has 0 spiro atoms. The van der Waals surface area contributed by atoms with Gasteiger partial charge in [-0.1, -0.05) is 26.0 Å². The van der Waals surface area contributed by atoms with E-state index in [2.05, 4.69) is 24.1 Å². The summed E-state index contributed by atoms with van der Waals surface area (Å²) in [6.45, 7) is 8.34. The van der Waals surface area contributed by atoms with E-state index in [1.165, 1.54) is 0 Å². The molecule has 23 heavy (non-hydrogen) atoms. The van der Waals surface area contributed by atoms with Crippen molar-refractivity contribution < 1.29 is 14.3 Å². The monoisotopic (exact) mass is 320 g/mol. The number of carbonyl (C=O) groups is 1. The van der Waals surface area contributed by atoms with E-state index in [1.54, 1.807) is 19.3 Å². The van der Waals surface area contributed by atoms with E-state index >= 15 is 0 Å². The minimum atomic E-state index is -0.0655. The summed E-state index contributed by atoms with van der Waals surface area (Å²) in [7, 11) is 1.58. The summed E-state index contributed by atoms with van der Waals surface area (Å²) in [5.74, 6) is 0.675. The van der Waals surface area contributed by atoms with E-state index in [9.17, 15) is 4.79 Å². The van der Waals surface area contributed by atoms with Crippen molar-refractivity contribution in [2.75, 3.05) is 40.1 Å². The molecule has 0 bridgehead atoms. The molecule has 0 aromatic heterocycles. The molecule has 5 heteroatoms. The van der Waals surface area contributed by atoms with Gasteiger partial charge >= 0.3 is 0 Å². The third-order valence-corrected chi connectivity index (χ3v) is 3.50. The summed E-state index contributed by atoms with van der Waals surface area (Å²) in [6, 6.07) is 7.49. The molecule has 0 fully saturated rings. The highest BCUT2D eigenvalue weighted by molar-refractivity contribution is 5.91. The van der Waals surface area contributed by atoms with Crippen LogP contribution in [0.1, 0.15) is 25.8 Å². The predicted molar refractivity (Wildman–Crippen MR) is 93.4 cm³/mol. The normalized spacial score (nSPS) is 11.1. The molecule has 0 atom stereocenters. The molecule has 0 aliphatic carbocycles. The first-order valence-electron chi connectivity index (χ1n) is 8.09. The number of nitrogens with zero attached hydrogens (tertiary/aromatic N) is 1. The lowest BCUT2D eigenvalue weighted by molar-refractivity contribution is -0.116. The van der Waals surface area contributed by atoms with Gasteiger partial charge in [-0.15, -0.1) is 0 Å². The lowest BCUT2D eigenvalue weighted by Gasteiger charge is -2.17. The Hall–Kier alpha value is -1.85. The lowest BCUT2D eigenvalue weighted by Crippen LogP contribution is -2.29. The molecule has 1 aromatic carbocycles. The fraction of sp³-hybridized carbons (Fsp3) is 0.500. The Morgan fingerprint density at radius 1 is 1.22 bits per heavy atom. The lowest BCUT2D eigenvalue weighted by atomic mass is 10.2. The van der Waals surface area contributed by atoms with E-state index in [4.69, 9.17) is 9.47 Å². The van der Waals surface area contributed by atoms with Gasteiger partial charge < -0.3 is 19.7 Å². The van der Waals surface area contributed by atoms with E-state index < -0.39 is 0 Å². The van der Waals surface area contributed by atoms with E-state index in [1.807, 2.05) is 24.3 Å². The van der Waals surface area contributed by atoms with Gasteiger partial charge in [-0.25, -0.2) is 0 Å². The van der Waals surface area contributed by atoms with E-state index in [0.717, 1.165) is 37.4 Å². The molecule has 0 unspecified atom stereocenters. The molecule has 1 rings (SSSR count). The summed E-state index contributed by atoms with van der Waals surface area (Å²) in [4.78, 5) is 14.1. The van der Waals surface area contributed by atoms with Crippen LogP contribution in [0.4, 0.5) is 0 Å². The van der Waals surface area contributed by atoms with Crippen LogP contribution in [0.5, 0.6) is 5.75 Å². The van der Waals surface area contributed by atoms with Gasteiger partial charge in [0.05, 0.1) is 0 Å². The molecular weight excluding hydrogens is 292 g/mol. The number of hydrogen-bond acceptors (Lipinski definition) is 4. The maximum absolute atomic E-state index is 11.8. The molecule has 0 radical (unpaired) electrons. The van der Waals surface area contributed by atoms with Gasteiger partial charge in [0.2, 0.25) is 5.91 Å². The summed E-state index contributed by atoms with van der Waals surface area (Å²) in [5, 5.41) is 2.90. The Balaban J connectivity index is 2.29. The molecular formula is C18H28N2O3. The number of carbonyl (C=O) groups excluding carboxylic acids is 1. The van der Waals surface area contributed by atoms with Crippen LogP contribution in [0.2, 0.25) is 0 Å². The fourth-order valence-electron chi connectivity index (χ4n) is 2.09. The highest BCUT2D eigenvalue weighted by Gasteiger charge is 1.99. The first-order chi connectivity index (χ1) is 11.2. The second-order valence-corrected chi connectivity index (χ2v) is 5.12. The Morgan fingerprint density at radius 2 is 1.91 bits per heavy atom. The SMILES string of the molecule is CCN(CC)CCCNC(=O)/C=C/c1ccc(OCOC)cc1. The number of rotatable bonds is 11. The third-order valence-electron chi connectivity index (χ3n) is 3.50. The van der Waals surface area contributed by atoms with Gasteiger partial charge in [-0.3, -0.25) is 4.79 Å². The average Bonchev–Trinajstić information content (AvgIpc) is 2.59. The van der Waals surface area contributed by atoms with Crippen molar-refractivity contribution in [3.8, 4) is 5.75 Å². The number of methoxy groups -OCH3 is 1. The topological polar surface area (TPSA) is 50.8 Å². The molecule has 0 heterocycles. The second-order valence-electron chi connectivity index (χ2n) is 5.12. The predicted octanol–water partition coefficient (Wildman–Crippen LogP) is 2.53. The van der Waals surface area contributed by atoms with Crippen molar-refractivity contribution >= 4 is 12.0 Å². The minimum Gasteiger partial charge on any atom is -0.468 e. The van der Waals surface area contributed by atoms with Gasteiger partial charge in [-0.05, 0) is 49.8 Å². The van der Waals surface area contributed by atoms with Crippen LogP contribution in [-0.2, 0) is 9.53 Å². The van der Waals surface area contributed by atoms with Gasteiger partial charge in [0.1, 0.15) is 5.75 Å². The summed E-state index contributed by atoms with van der Waals surface area (Å²) < 4.78 is 10.1. The third kappa shape index (κ3) is 8.38. The van der Waals surface area contributed by atoms with Crippen LogP contribution < -0.4 is 10.1 Å². The zero-order valence-corrected chi connectivity index (χ0v) is 14.4. The second kappa shape index (κ2) is 11.7. The van der Waals surface area contributed by atoms with Crippen molar-refractivity contribution in [3.63, 3.8) is 0 Å². The van der Waals surface area contributed by atoms with Crippen LogP contribution in [0.25, 0.3) is 6.08 Å². The molecule has 0 saturated carbocycles. The van der Waals surface area contributed by atoms with Crippen molar-refractivity contribution in [2.45, 2.75) is 20.3 Å². The molecule has 1 N–H and O–H groups in total. The van der Waals surface area contributed by atoms with E-state index in [0.29, 0.717) is 6.54 Å². The Labute approximate surface area is 139 Å². The molecule has 5 nitrogen and oxygen atoms in total. The molecule has 128 valence electrons. The Bertz CT molecular complexity index is 468. The molecule has 1 aromatic rings. The van der Waals surface area contributed by atoms with Crippen LogP contribution in [-0.4, -0.2) is 50.9 Å². The Kier molecular flexibility index (Phi) is 9.75. The zero-order valence-electron chi connectivity index (χ0n) is 14.4. The van der Waals surface area contributed by atoms with Gasteiger partial charge in [0, 0.05) is 19.7 Å². The largest absolute Gasteiger partial charge is 0.468 e. The maximum Gasteiger partial charge on any atom is 0.243 e. The summed E-state index contributed by atoms with van der Waals surface area (Å²) in [5.41, 5.74) is 0.952. The van der Waals surface area contributed by atoms with Crippen LogP contribution >= 0.6 is 0 Å². The molecule has 0 aliphatic heterocycles. The maximum atomic E-state index is 11.8. The summed E-state index contributed by atoms with van der Waals surface area (Å²) >= 11 is 0. The highest BCUT2D eigenvalue weighted by Crippen LogP contribution is 2.13. The number of benzene rings is 1. The average molecular weight is 320 g/mol. The number of amides is 1. The summed E-state index contributed by atoms with van der Waals surface area (Å²) in [6.07, 6.45) is 4.31. The highest BCUT2D eigenvalue weighted by atomic mass is 16.7. The van der Waals surface area contributed by atoms with E-state index in [-0.39, 0.29) is 12.7 Å². The first-order valence-corrected chi connectivity index (χ1v) is 8.09. The van der Waals surface area contributed by atoms with Gasteiger partial charge in [0.15, 0.2) is 6.79 Å². The first kappa shape index (κ1) is 19.2. The Morgan fingerprint density at radius 3 is 2.52 bits per heavy atom. The number of nitrogens with one attached hydrogen (secondary N) is 1. The van der Waals surface area contributed by atoms with Crippen molar-refractivity contribution in [3.05, 3.63) is 35.9 Å². The minimum absolute atomic E-state index is 0.0655.